The van der Waals surface area contributed by atoms with Gasteiger partial charge in [0.1, 0.15) is 29.3 Å². The lowest BCUT2D eigenvalue weighted by Gasteiger charge is -2.40. The summed E-state index contributed by atoms with van der Waals surface area (Å²) >= 11 is 5.97. The maximum absolute atomic E-state index is 13.7. The molecule has 0 bridgehead atoms. The van der Waals surface area contributed by atoms with E-state index in [9.17, 15) is 14.0 Å². The van der Waals surface area contributed by atoms with Crippen LogP contribution in [0.25, 0.3) is 10.9 Å². The van der Waals surface area contributed by atoms with Gasteiger partial charge in [0, 0.05) is 55.4 Å². The lowest BCUT2D eigenvalue weighted by Crippen LogP contribution is -2.54. The van der Waals surface area contributed by atoms with Crippen molar-refractivity contribution in [2.45, 2.75) is 44.8 Å². The highest BCUT2D eigenvalue weighted by molar-refractivity contribution is 6.31. The van der Waals surface area contributed by atoms with Crippen molar-refractivity contribution in [3.05, 3.63) is 59.7 Å². The second-order valence-electron chi connectivity index (χ2n) is 12.3. The smallest absolute Gasteiger partial charge is 0.320 e. The Kier molecular flexibility index (Phi) is 8.70. The molecule has 12 heteroatoms. The van der Waals surface area contributed by atoms with Crippen LogP contribution in [-0.4, -0.2) is 82.6 Å². The quantitative estimate of drug-likeness (QED) is 0.234. The van der Waals surface area contributed by atoms with Gasteiger partial charge in [0.25, 0.3) is 0 Å². The molecule has 2 aromatic carbocycles. The van der Waals surface area contributed by atoms with Gasteiger partial charge in [-0.1, -0.05) is 17.7 Å². The van der Waals surface area contributed by atoms with E-state index >= 15 is 0 Å². The summed E-state index contributed by atoms with van der Waals surface area (Å²) in [7, 11) is 0. The molecule has 44 heavy (non-hydrogen) atoms. The van der Waals surface area contributed by atoms with E-state index < -0.39 is 11.4 Å². The topological polar surface area (TPSA) is 109 Å². The monoisotopic (exact) mass is 622 g/mol. The Morgan fingerprint density at radius 1 is 1.23 bits per heavy atom. The van der Waals surface area contributed by atoms with Crippen molar-refractivity contribution in [1.29, 1.82) is 0 Å². The number of amides is 1. The Morgan fingerprint density at radius 2 is 2.07 bits per heavy atom. The third kappa shape index (κ3) is 7.46. The molecule has 232 valence electrons. The molecule has 1 aromatic heterocycles. The number of benzene rings is 2. The van der Waals surface area contributed by atoms with Gasteiger partial charge in [-0.05, 0) is 63.3 Å². The SMILES string of the molecule is CC1(C)CN(C2CCN(C/C=C/C(=O)Nc3cc4c(Nc5ccc(F)c(Cl)c5)ncnc4cc3OCC3CC3)C2)CC(=O)O1. The number of hydrogen-bond acceptors (Lipinski definition) is 9. The summed E-state index contributed by atoms with van der Waals surface area (Å²) in [5.74, 6) is 0.555. The number of ether oxygens (including phenoxy) is 2. The second kappa shape index (κ2) is 12.7. The van der Waals surface area contributed by atoms with Crippen LogP contribution in [0.5, 0.6) is 5.75 Å². The van der Waals surface area contributed by atoms with Crippen molar-refractivity contribution in [3.63, 3.8) is 0 Å². The Labute approximate surface area is 260 Å². The number of likely N-dealkylation sites (tertiary alicyclic amines) is 1. The number of halogens is 2. The van der Waals surface area contributed by atoms with Gasteiger partial charge in [-0.2, -0.15) is 0 Å². The number of morpholine rings is 1. The number of aromatic nitrogens is 2. The van der Waals surface area contributed by atoms with Gasteiger partial charge in [0.15, 0.2) is 0 Å². The summed E-state index contributed by atoms with van der Waals surface area (Å²) in [6.07, 6.45) is 8.04. The average Bonchev–Trinajstić information content (AvgIpc) is 3.68. The molecule has 2 N–H and O–H groups in total. The average molecular weight is 623 g/mol. The molecule has 3 fully saturated rings. The first kappa shape index (κ1) is 30.2. The van der Waals surface area contributed by atoms with Crippen molar-refractivity contribution in [1.82, 2.24) is 19.8 Å². The number of cyclic esters (lactones) is 1. The minimum absolute atomic E-state index is 0.00606. The van der Waals surface area contributed by atoms with E-state index in [-0.39, 0.29) is 22.9 Å². The molecule has 2 aliphatic heterocycles. The van der Waals surface area contributed by atoms with Gasteiger partial charge < -0.3 is 20.1 Å². The van der Waals surface area contributed by atoms with E-state index in [4.69, 9.17) is 21.1 Å². The Balaban J connectivity index is 1.13. The van der Waals surface area contributed by atoms with E-state index in [1.54, 1.807) is 18.2 Å². The summed E-state index contributed by atoms with van der Waals surface area (Å²) < 4.78 is 25.2. The molecular weight excluding hydrogens is 587 g/mol. The third-order valence-electron chi connectivity index (χ3n) is 8.05. The number of esters is 1. The van der Waals surface area contributed by atoms with Crippen LogP contribution in [0.2, 0.25) is 5.02 Å². The molecule has 1 saturated carbocycles. The summed E-state index contributed by atoms with van der Waals surface area (Å²) in [5, 5.41) is 6.79. The first-order valence-electron chi connectivity index (χ1n) is 14.9. The highest BCUT2D eigenvalue weighted by Crippen LogP contribution is 2.36. The van der Waals surface area contributed by atoms with Gasteiger partial charge in [-0.15, -0.1) is 0 Å². The highest BCUT2D eigenvalue weighted by Gasteiger charge is 2.38. The molecular formula is C32H36ClFN6O4. The number of anilines is 3. The van der Waals surface area contributed by atoms with Gasteiger partial charge in [-0.25, -0.2) is 14.4 Å². The highest BCUT2D eigenvalue weighted by atomic mass is 35.5. The van der Waals surface area contributed by atoms with Crippen molar-refractivity contribution >= 4 is 51.6 Å². The molecule has 1 amide bonds. The van der Waals surface area contributed by atoms with Gasteiger partial charge in [0.05, 0.1) is 29.4 Å². The fourth-order valence-corrected chi connectivity index (χ4v) is 5.88. The third-order valence-corrected chi connectivity index (χ3v) is 8.34. The number of carbonyl (C=O) groups is 2. The van der Waals surface area contributed by atoms with Crippen LogP contribution in [0.4, 0.5) is 21.6 Å². The Morgan fingerprint density at radius 3 is 2.84 bits per heavy atom. The normalized spacial score (nSPS) is 20.6. The van der Waals surface area contributed by atoms with Crippen molar-refractivity contribution in [3.8, 4) is 5.75 Å². The van der Waals surface area contributed by atoms with Gasteiger partial charge in [-0.3, -0.25) is 19.4 Å². The van der Waals surface area contributed by atoms with E-state index in [0.29, 0.717) is 66.0 Å². The van der Waals surface area contributed by atoms with Crippen LogP contribution < -0.4 is 15.4 Å². The standard InChI is InChI=1S/C32H36ClFN6O4/c1-32(2)18-40(16-30(42)44-32)22-9-11-39(15-22)10-3-4-29(41)38-27-13-23-26(14-28(27)43-17-20-5-6-20)35-19-36-31(23)37-21-7-8-25(34)24(33)12-21/h3-4,7-8,12-14,19-20,22H,5-6,9-11,15-18H2,1-2H3,(H,38,41)(H,35,36,37)/b4-3+. The lowest BCUT2D eigenvalue weighted by atomic mass is 10.0. The maximum Gasteiger partial charge on any atom is 0.320 e. The maximum atomic E-state index is 13.7. The van der Waals surface area contributed by atoms with Crippen LogP contribution in [0, 0.1) is 11.7 Å². The first-order chi connectivity index (χ1) is 21.1. The predicted octanol–water partition coefficient (Wildman–Crippen LogP) is 5.16. The first-order valence-corrected chi connectivity index (χ1v) is 15.3. The molecule has 2 saturated heterocycles. The molecule has 1 aliphatic carbocycles. The fraction of sp³-hybridized carbons (Fsp3) is 0.438. The zero-order chi connectivity index (χ0) is 30.8. The molecule has 10 nitrogen and oxygen atoms in total. The van der Waals surface area contributed by atoms with Crippen LogP contribution in [0.3, 0.4) is 0 Å². The molecule has 1 unspecified atom stereocenters. The number of hydrogen-bond donors (Lipinski definition) is 2. The minimum Gasteiger partial charge on any atom is -0.491 e. The fourth-order valence-electron chi connectivity index (χ4n) is 5.70. The summed E-state index contributed by atoms with van der Waals surface area (Å²) in [4.78, 5) is 38.4. The summed E-state index contributed by atoms with van der Waals surface area (Å²) in [6, 6.07) is 8.19. The van der Waals surface area contributed by atoms with Crippen molar-refractivity contribution in [2.24, 2.45) is 5.92 Å². The molecule has 0 spiro atoms. The Hall–Kier alpha value is -3.80. The predicted molar refractivity (Wildman–Crippen MR) is 167 cm³/mol. The van der Waals surface area contributed by atoms with Crippen molar-refractivity contribution < 1.29 is 23.5 Å². The number of nitrogens with one attached hydrogen (secondary N) is 2. The zero-order valence-electron chi connectivity index (χ0n) is 24.8. The molecule has 3 aromatic rings. The lowest BCUT2D eigenvalue weighted by molar-refractivity contribution is -0.171. The summed E-state index contributed by atoms with van der Waals surface area (Å²) in [6.45, 7) is 7.82. The van der Waals surface area contributed by atoms with E-state index in [1.807, 2.05) is 19.9 Å². The van der Waals surface area contributed by atoms with Crippen LogP contribution in [0.15, 0.2) is 48.8 Å². The van der Waals surface area contributed by atoms with Gasteiger partial charge >= 0.3 is 5.97 Å². The van der Waals surface area contributed by atoms with Crippen molar-refractivity contribution in [2.75, 3.05) is 50.0 Å². The zero-order valence-corrected chi connectivity index (χ0v) is 25.6. The minimum atomic E-state index is -0.512. The molecule has 0 radical (unpaired) electrons. The largest absolute Gasteiger partial charge is 0.491 e. The van der Waals surface area contributed by atoms with Gasteiger partial charge in [0.2, 0.25) is 5.91 Å². The Bertz CT molecular complexity index is 1600. The second-order valence-corrected chi connectivity index (χ2v) is 12.7. The number of nitrogens with zero attached hydrogens (tertiary/aromatic N) is 4. The van der Waals surface area contributed by atoms with E-state index in [0.717, 1.165) is 32.4 Å². The number of carbonyl (C=O) groups excluding carboxylic acids is 2. The number of fused-ring (bicyclic) bond motifs is 1. The van der Waals surface area contributed by atoms with E-state index in [2.05, 4.69) is 30.4 Å². The summed E-state index contributed by atoms with van der Waals surface area (Å²) in [5.41, 5.74) is 1.21. The van der Waals surface area contributed by atoms with Crippen LogP contribution >= 0.6 is 11.6 Å². The molecule has 1 atom stereocenters. The molecule has 3 heterocycles. The van der Waals surface area contributed by atoms with Crippen LogP contribution in [-0.2, 0) is 14.3 Å². The van der Waals surface area contributed by atoms with Crippen LogP contribution in [0.1, 0.15) is 33.1 Å². The molecule has 6 rings (SSSR count). The molecule has 3 aliphatic rings. The van der Waals surface area contributed by atoms with E-state index in [1.165, 1.54) is 24.5 Å². The number of rotatable bonds is 10.